The Balaban J connectivity index is 1.60. The summed E-state index contributed by atoms with van der Waals surface area (Å²) in [5, 5.41) is 15.7. The largest absolute Gasteiger partial charge is 0.296 e. The Labute approximate surface area is 144 Å². The van der Waals surface area contributed by atoms with Gasteiger partial charge in [0.25, 0.3) is 5.91 Å². The Morgan fingerprint density at radius 2 is 2.14 bits per heavy atom. The molecule has 8 heteroatoms. The number of benzene rings is 1. The summed E-state index contributed by atoms with van der Waals surface area (Å²) in [5.74, 6) is 0.548. The number of halogens is 1. The number of amides is 1. The number of carbonyl (C=O) groups is 1. The number of thiophene rings is 1. The first-order valence-electron chi connectivity index (χ1n) is 6.25. The van der Waals surface area contributed by atoms with Crippen LogP contribution < -0.4 is 5.32 Å². The van der Waals surface area contributed by atoms with Crippen molar-refractivity contribution in [3.8, 4) is 0 Å². The van der Waals surface area contributed by atoms with Crippen molar-refractivity contribution in [1.82, 2.24) is 10.2 Å². The minimum atomic E-state index is -0.167. The van der Waals surface area contributed by atoms with Crippen molar-refractivity contribution in [2.24, 2.45) is 0 Å². The maximum Gasteiger partial charge on any atom is 0.258 e. The van der Waals surface area contributed by atoms with Gasteiger partial charge in [0.05, 0.1) is 5.56 Å². The van der Waals surface area contributed by atoms with Gasteiger partial charge in [-0.2, -0.15) is 11.3 Å². The summed E-state index contributed by atoms with van der Waals surface area (Å²) in [4.78, 5) is 11.9. The maximum absolute atomic E-state index is 11.9. The minimum absolute atomic E-state index is 0.167. The molecule has 4 nitrogen and oxygen atoms in total. The molecule has 0 saturated heterocycles. The van der Waals surface area contributed by atoms with Crippen molar-refractivity contribution in [2.75, 3.05) is 5.32 Å². The molecular formula is C14H10ClN3OS3. The van der Waals surface area contributed by atoms with Gasteiger partial charge in [-0.05, 0) is 23.1 Å². The van der Waals surface area contributed by atoms with Crippen LogP contribution in [0.2, 0.25) is 5.02 Å². The van der Waals surface area contributed by atoms with Gasteiger partial charge in [-0.3, -0.25) is 10.1 Å². The van der Waals surface area contributed by atoms with Gasteiger partial charge in [0, 0.05) is 16.2 Å². The van der Waals surface area contributed by atoms with Crippen LogP contribution in [0, 0.1) is 0 Å². The van der Waals surface area contributed by atoms with Crippen LogP contribution in [0.1, 0.15) is 15.9 Å². The molecule has 0 atom stereocenters. The normalized spacial score (nSPS) is 10.6. The quantitative estimate of drug-likeness (QED) is 0.520. The Kier molecular flexibility index (Phi) is 5.09. The molecule has 0 aliphatic heterocycles. The van der Waals surface area contributed by atoms with Gasteiger partial charge in [0.2, 0.25) is 5.13 Å². The number of thioether (sulfide) groups is 1. The van der Waals surface area contributed by atoms with Crippen molar-refractivity contribution >= 4 is 57.1 Å². The summed E-state index contributed by atoms with van der Waals surface area (Å²) in [6.45, 7) is 0. The predicted molar refractivity (Wildman–Crippen MR) is 93.2 cm³/mol. The van der Waals surface area contributed by atoms with E-state index in [1.165, 1.54) is 22.7 Å². The van der Waals surface area contributed by atoms with Crippen LogP contribution in [-0.2, 0) is 5.75 Å². The molecule has 3 rings (SSSR count). The second-order valence-corrected chi connectivity index (χ2v) is 7.61. The minimum Gasteiger partial charge on any atom is -0.296 e. The highest BCUT2D eigenvalue weighted by atomic mass is 35.5. The number of rotatable bonds is 5. The number of nitrogens with one attached hydrogen (secondary N) is 1. The number of aromatic nitrogens is 2. The number of hydrogen-bond donors (Lipinski definition) is 1. The summed E-state index contributed by atoms with van der Waals surface area (Å²) in [6, 6.07) is 9.47. The Bertz CT molecular complexity index is 773. The molecule has 3 aromatic rings. The summed E-state index contributed by atoms with van der Waals surface area (Å²) >= 11 is 10.5. The fourth-order valence-corrected chi connectivity index (χ4v) is 4.31. The van der Waals surface area contributed by atoms with Crippen molar-refractivity contribution < 1.29 is 4.79 Å². The second-order valence-electron chi connectivity index (χ2n) is 4.22. The molecule has 2 aromatic heterocycles. The number of hydrogen-bond acceptors (Lipinski definition) is 6. The molecule has 0 aliphatic carbocycles. The van der Waals surface area contributed by atoms with Gasteiger partial charge < -0.3 is 0 Å². The first-order valence-corrected chi connectivity index (χ1v) is 9.38. The summed E-state index contributed by atoms with van der Waals surface area (Å²) in [6.07, 6.45) is 0. The van der Waals surface area contributed by atoms with Crippen LogP contribution in [0.15, 0.2) is 45.4 Å². The monoisotopic (exact) mass is 367 g/mol. The van der Waals surface area contributed by atoms with Crippen LogP contribution in [0.5, 0.6) is 0 Å². The van der Waals surface area contributed by atoms with Crippen LogP contribution >= 0.6 is 46.0 Å². The first kappa shape index (κ1) is 15.5. The molecule has 0 radical (unpaired) electrons. The molecule has 0 unspecified atom stereocenters. The molecule has 112 valence electrons. The van der Waals surface area contributed by atoms with Crippen molar-refractivity contribution in [3.05, 3.63) is 57.2 Å². The van der Waals surface area contributed by atoms with E-state index in [-0.39, 0.29) is 5.91 Å². The van der Waals surface area contributed by atoms with Crippen molar-refractivity contribution in [3.63, 3.8) is 0 Å². The van der Waals surface area contributed by atoms with E-state index >= 15 is 0 Å². The van der Waals surface area contributed by atoms with Gasteiger partial charge in [-0.1, -0.05) is 52.9 Å². The number of anilines is 1. The van der Waals surface area contributed by atoms with Gasteiger partial charge in [-0.15, -0.1) is 10.2 Å². The van der Waals surface area contributed by atoms with E-state index in [0.29, 0.717) is 16.4 Å². The molecular weight excluding hydrogens is 358 g/mol. The zero-order valence-corrected chi connectivity index (χ0v) is 14.4. The van der Waals surface area contributed by atoms with Crippen LogP contribution in [0.4, 0.5) is 5.13 Å². The van der Waals surface area contributed by atoms with E-state index in [9.17, 15) is 4.79 Å². The topological polar surface area (TPSA) is 54.9 Å². The maximum atomic E-state index is 11.9. The average Bonchev–Trinajstić information content (AvgIpc) is 3.18. The molecule has 2 heterocycles. The van der Waals surface area contributed by atoms with E-state index in [4.69, 9.17) is 11.6 Å². The Morgan fingerprint density at radius 3 is 2.91 bits per heavy atom. The summed E-state index contributed by atoms with van der Waals surface area (Å²) < 4.78 is 0.792. The van der Waals surface area contributed by atoms with E-state index in [1.54, 1.807) is 23.2 Å². The Hall–Kier alpha value is -1.41. The van der Waals surface area contributed by atoms with Crippen LogP contribution in [-0.4, -0.2) is 16.1 Å². The lowest BCUT2D eigenvalue weighted by atomic mass is 10.2. The van der Waals surface area contributed by atoms with Gasteiger partial charge >= 0.3 is 0 Å². The average molecular weight is 368 g/mol. The summed E-state index contributed by atoms with van der Waals surface area (Å²) in [5.41, 5.74) is 1.68. The molecule has 1 amide bonds. The van der Waals surface area contributed by atoms with Gasteiger partial charge in [-0.25, -0.2) is 0 Å². The van der Waals surface area contributed by atoms with Crippen LogP contribution in [0.3, 0.4) is 0 Å². The highest BCUT2D eigenvalue weighted by molar-refractivity contribution is 8.00. The lowest BCUT2D eigenvalue weighted by Gasteiger charge is -2.00. The highest BCUT2D eigenvalue weighted by Crippen LogP contribution is 2.30. The fourth-order valence-electron chi connectivity index (χ4n) is 1.64. The first-order chi connectivity index (χ1) is 10.7. The van der Waals surface area contributed by atoms with E-state index < -0.39 is 0 Å². The van der Waals surface area contributed by atoms with Crippen LogP contribution in [0.25, 0.3) is 0 Å². The molecule has 1 N–H and O–H groups in total. The molecule has 22 heavy (non-hydrogen) atoms. The second kappa shape index (κ2) is 7.23. The number of nitrogens with zero attached hydrogens (tertiary/aromatic N) is 2. The summed E-state index contributed by atoms with van der Waals surface area (Å²) in [7, 11) is 0. The van der Waals surface area contributed by atoms with Gasteiger partial charge in [0.1, 0.15) is 0 Å². The lowest BCUT2D eigenvalue weighted by molar-refractivity contribution is 0.102. The zero-order valence-electron chi connectivity index (χ0n) is 11.2. The number of carbonyl (C=O) groups excluding carboxylic acids is 1. The van der Waals surface area contributed by atoms with E-state index in [1.807, 2.05) is 29.6 Å². The molecule has 0 saturated carbocycles. The third kappa shape index (κ3) is 3.86. The molecule has 0 spiro atoms. The standard InChI is InChI=1S/C14H10ClN3OS3/c15-11-4-2-1-3-9(11)8-21-14-18-17-13(22-14)16-12(19)10-5-6-20-7-10/h1-7H,8H2,(H,16,17,19). The molecule has 1 aromatic carbocycles. The smallest absolute Gasteiger partial charge is 0.258 e. The third-order valence-corrected chi connectivity index (χ3v) is 5.79. The molecule has 0 bridgehead atoms. The van der Waals surface area contributed by atoms with Crippen molar-refractivity contribution in [1.29, 1.82) is 0 Å². The van der Waals surface area contributed by atoms with Crippen molar-refractivity contribution in [2.45, 2.75) is 10.1 Å². The highest BCUT2D eigenvalue weighted by Gasteiger charge is 2.11. The fraction of sp³-hybridized carbons (Fsp3) is 0.0714. The third-order valence-electron chi connectivity index (χ3n) is 2.72. The predicted octanol–water partition coefficient (Wildman–Crippen LogP) is 4.80. The SMILES string of the molecule is O=C(Nc1nnc(SCc2ccccc2Cl)s1)c1ccsc1. The Morgan fingerprint density at radius 1 is 1.27 bits per heavy atom. The van der Waals surface area contributed by atoms with E-state index in [2.05, 4.69) is 15.5 Å². The lowest BCUT2D eigenvalue weighted by Crippen LogP contribution is -2.10. The zero-order chi connectivity index (χ0) is 15.4. The van der Waals surface area contributed by atoms with Gasteiger partial charge in [0.15, 0.2) is 4.34 Å². The molecule has 0 aliphatic rings. The molecule has 0 fully saturated rings. The van der Waals surface area contributed by atoms with E-state index in [0.717, 1.165) is 14.9 Å².